The number of fused-ring (bicyclic) bond motifs is 2. The van der Waals surface area contributed by atoms with Crippen molar-refractivity contribution in [2.24, 2.45) is 0 Å². The molecule has 404 valence electrons. The fraction of sp³-hybridized carbons (Fsp3) is 0.218. The molecule has 9 aromatic rings. The summed E-state index contributed by atoms with van der Waals surface area (Å²) < 4.78 is 122. The van der Waals surface area contributed by atoms with E-state index in [9.17, 15) is 18.0 Å². The van der Waals surface area contributed by atoms with Gasteiger partial charge in [0.15, 0.2) is 46.3 Å². The molecule has 0 unspecified atom stereocenters. The number of imidazole rings is 1. The minimum atomic E-state index is -4.61. The minimum absolute atomic E-state index is 0.000421. The second-order valence-corrected chi connectivity index (χ2v) is 19.8. The lowest BCUT2D eigenvalue weighted by Gasteiger charge is -2.28. The highest BCUT2D eigenvalue weighted by Crippen LogP contribution is 2.43. The number of benzene rings is 6. The van der Waals surface area contributed by atoms with E-state index in [1.165, 1.54) is 85.5 Å². The lowest BCUT2D eigenvalue weighted by Crippen LogP contribution is -2.36. The number of hydrogen-bond acceptors (Lipinski definition) is 14. The zero-order valence-corrected chi connectivity index (χ0v) is 43.8. The maximum atomic E-state index is 17.0. The molecule has 6 aromatic carbocycles. The van der Waals surface area contributed by atoms with Gasteiger partial charge < -0.3 is 34.1 Å². The summed E-state index contributed by atoms with van der Waals surface area (Å²) in [5.74, 6) is -6.50. The van der Waals surface area contributed by atoms with Crippen molar-refractivity contribution in [2.45, 2.75) is 26.4 Å². The largest absolute Gasteiger partial charge is 0.493 e. The molecular formula is C55H52F4N10O8S. The molecule has 0 bridgehead atoms. The molecule has 18 nitrogen and oxygen atoms in total. The molecule has 3 heterocycles. The van der Waals surface area contributed by atoms with E-state index in [1.54, 1.807) is 66.7 Å². The molecule has 9 rings (SSSR count). The number of hydrogen-bond donors (Lipinski definition) is 1. The first kappa shape index (κ1) is 54.0. The minimum Gasteiger partial charge on any atom is -0.493 e. The smallest absolute Gasteiger partial charge is 0.308 e. The number of methoxy groups -OCH3 is 3. The van der Waals surface area contributed by atoms with Crippen LogP contribution in [-0.2, 0) is 16.8 Å². The average molecular weight is 1090 g/mol. The summed E-state index contributed by atoms with van der Waals surface area (Å²) in [6, 6.07) is 28.5. The van der Waals surface area contributed by atoms with E-state index in [1.807, 2.05) is 19.9 Å². The van der Waals surface area contributed by atoms with Gasteiger partial charge in [0.25, 0.3) is 11.1 Å². The predicted molar refractivity (Wildman–Crippen MR) is 288 cm³/mol. The van der Waals surface area contributed by atoms with Gasteiger partial charge in [-0.25, -0.2) is 36.5 Å². The first-order valence-electron chi connectivity index (χ1n) is 24.3. The second kappa shape index (κ2) is 22.8. The van der Waals surface area contributed by atoms with Crippen molar-refractivity contribution >= 4 is 54.8 Å². The highest BCUT2D eigenvalue weighted by molar-refractivity contribution is 7.87. The Bertz CT molecular complexity index is 3880. The molecular weight excluding hydrogens is 1040 g/mol. The van der Waals surface area contributed by atoms with E-state index in [0.717, 1.165) is 31.5 Å². The van der Waals surface area contributed by atoms with E-state index in [-0.39, 0.29) is 52.6 Å². The molecule has 0 fully saturated rings. The van der Waals surface area contributed by atoms with E-state index in [2.05, 4.69) is 20.3 Å². The molecule has 23 heteroatoms. The van der Waals surface area contributed by atoms with Crippen molar-refractivity contribution in [3.05, 3.63) is 184 Å². The van der Waals surface area contributed by atoms with Crippen LogP contribution in [0.3, 0.4) is 0 Å². The molecule has 0 aliphatic rings. The number of rotatable bonds is 21. The Morgan fingerprint density at radius 1 is 0.615 bits per heavy atom. The molecule has 1 N–H and O–H groups in total. The Morgan fingerprint density at radius 3 is 1.59 bits per heavy atom. The Morgan fingerprint density at radius 2 is 1.09 bits per heavy atom. The highest BCUT2D eigenvalue weighted by Gasteiger charge is 2.32. The van der Waals surface area contributed by atoms with Crippen LogP contribution < -0.4 is 45.2 Å². The van der Waals surface area contributed by atoms with Gasteiger partial charge in [-0.3, -0.25) is 18.7 Å². The molecule has 0 aliphatic carbocycles. The van der Waals surface area contributed by atoms with Gasteiger partial charge in [-0.05, 0) is 60.7 Å². The number of halogens is 4. The average Bonchev–Trinajstić information content (AvgIpc) is 4.04. The monoisotopic (exact) mass is 1090 g/mol. The van der Waals surface area contributed by atoms with Gasteiger partial charge in [-0.2, -0.15) is 12.7 Å². The first-order chi connectivity index (χ1) is 37.6. The zero-order chi connectivity index (χ0) is 55.4. The summed E-state index contributed by atoms with van der Waals surface area (Å²) in [7, 11) is 0.155. The molecule has 0 atom stereocenters. The molecule has 0 saturated heterocycles. The summed E-state index contributed by atoms with van der Waals surface area (Å²) in [5, 5.41) is 3.50. The number of anilines is 4. The van der Waals surface area contributed by atoms with Gasteiger partial charge in [0.2, 0.25) is 0 Å². The van der Waals surface area contributed by atoms with Gasteiger partial charge >= 0.3 is 10.2 Å². The van der Waals surface area contributed by atoms with Gasteiger partial charge in [0.05, 0.1) is 61.1 Å². The van der Waals surface area contributed by atoms with E-state index < -0.39 is 98.7 Å². The van der Waals surface area contributed by atoms with Crippen LogP contribution >= 0.6 is 0 Å². The van der Waals surface area contributed by atoms with Crippen molar-refractivity contribution in [2.75, 3.05) is 64.4 Å². The molecule has 3 aromatic heterocycles. The van der Waals surface area contributed by atoms with Crippen LogP contribution in [0.5, 0.6) is 23.0 Å². The Kier molecular flexibility index (Phi) is 15.8. The lowest BCUT2D eigenvalue weighted by molar-refractivity contribution is 0.271. The van der Waals surface area contributed by atoms with Gasteiger partial charge in [-0.15, -0.1) is 0 Å². The third-order valence-electron chi connectivity index (χ3n) is 12.8. The third kappa shape index (κ3) is 10.5. The molecule has 0 spiro atoms. The second-order valence-electron chi connectivity index (χ2n) is 17.9. The number of likely N-dealkylation sites (N-methyl/N-ethyl adjacent to an activating group) is 1. The predicted octanol–water partition coefficient (Wildman–Crippen LogP) is 8.44. The van der Waals surface area contributed by atoms with Crippen LogP contribution in [0.15, 0.2) is 144 Å². The molecule has 0 saturated carbocycles. The topological polar surface area (TPSA) is 180 Å². The number of nitrogens with one attached hydrogen (secondary N) is 1. The number of nitrogens with zero attached hydrogens (tertiary/aromatic N) is 9. The molecule has 78 heavy (non-hydrogen) atoms. The molecule has 0 radical (unpaired) electrons. The van der Waals surface area contributed by atoms with Crippen molar-refractivity contribution in [3.8, 4) is 34.4 Å². The standard InChI is InChI=1S/C55H52F4N10O8S/c1-34(2)60-21-23-65(37-17-19-41-39(27-37)54(70)67(32-62-41)35-13-9-7-10-14-35)52-48(56)45(76-6)30-46(51(52)59)77-26-25-64(3)78(72,73)69-24-22-61-47(69)31-66(53-49(57)43(74-4)29-44(75-5)50(53)58)38-18-20-42-40(28-38)55(71)68(33-63-42)36-15-11-8-12-16-36/h7-20,22,24,27-30,32-34,60H,21,23,25-26,31H2,1-6H3. The van der Waals surface area contributed by atoms with Crippen molar-refractivity contribution in [3.63, 3.8) is 0 Å². The quantitative estimate of drug-likeness (QED) is 0.0678. The SMILES string of the molecule is COc1cc(OC)c(F)c(N(Cc2nccn2S(=O)(=O)N(C)CCOc2cc(OC)c(F)c(N(CCNC(C)C)c3ccc4ncn(-c5ccccc5)c(=O)c4c3)c2F)c2ccc3ncn(-c4ccccc4)c(=O)c3c2)c1F. The molecule has 0 aliphatic heterocycles. The number of ether oxygens (including phenoxy) is 4. The van der Waals surface area contributed by atoms with E-state index in [4.69, 9.17) is 18.9 Å². The summed E-state index contributed by atoms with van der Waals surface area (Å²) in [4.78, 5) is 43.5. The van der Waals surface area contributed by atoms with Gasteiger partial charge in [-0.1, -0.05) is 50.2 Å². The fourth-order valence-corrected chi connectivity index (χ4v) is 9.93. The number of para-hydroxylation sites is 2. The van der Waals surface area contributed by atoms with Crippen molar-refractivity contribution < 1.29 is 44.9 Å². The summed E-state index contributed by atoms with van der Waals surface area (Å²) in [6.45, 7) is 2.53. The van der Waals surface area contributed by atoms with Crippen molar-refractivity contribution in [1.82, 2.24) is 37.7 Å². The van der Waals surface area contributed by atoms with Crippen LogP contribution in [0.25, 0.3) is 33.2 Å². The van der Waals surface area contributed by atoms with E-state index in [0.29, 0.717) is 16.9 Å². The van der Waals surface area contributed by atoms with Crippen LogP contribution in [0.4, 0.5) is 40.3 Å². The van der Waals surface area contributed by atoms with Crippen molar-refractivity contribution in [1.29, 1.82) is 0 Å². The molecule has 0 amide bonds. The maximum Gasteiger partial charge on any atom is 0.308 e. The van der Waals surface area contributed by atoms with Gasteiger partial charge in [0.1, 0.15) is 36.5 Å². The zero-order valence-electron chi connectivity index (χ0n) is 43.0. The normalized spacial score (nSPS) is 11.7. The fourth-order valence-electron chi connectivity index (χ4n) is 8.75. The summed E-state index contributed by atoms with van der Waals surface area (Å²) in [6.07, 6.45) is 5.06. The van der Waals surface area contributed by atoms with Crippen LogP contribution in [0.1, 0.15) is 19.7 Å². The maximum absolute atomic E-state index is 17.0. The number of aromatic nitrogens is 6. The van der Waals surface area contributed by atoms with Crippen LogP contribution in [0.2, 0.25) is 0 Å². The van der Waals surface area contributed by atoms with Crippen LogP contribution in [-0.4, -0.2) is 101 Å². The Labute approximate surface area is 445 Å². The van der Waals surface area contributed by atoms with E-state index >= 15 is 17.6 Å². The summed E-state index contributed by atoms with van der Waals surface area (Å²) in [5.41, 5.74) is -0.245. The van der Waals surface area contributed by atoms with Crippen LogP contribution in [0, 0.1) is 23.3 Å². The summed E-state index contributed by atoms with van der Waals surface area (Å²) >= 11 is 0. The lowest BCUT2D eigenvalue weighted by atomic mass is 10.1. The van der Waals surface area contributed by atoms with Gasteiger partial charge in [0, 0.05) is 68.6 Å². The Hall–Kier alpha value is -8.80. The first-order valence-corrected chi connectivity index (χ1v) is 25.7. The third-order valence-corrected chi connectivity index (χ3v) is 14.6. The highest BCUT2D eigenvalue weighted by atomic mass is 32.2. The Balaban J connectivity index is 1.02.